The summed E-state index contributed by atoms with van der Waals surface area (Å²) in [6.07, 6.45) is 1.59. The summed E-state index contributed by atoms with van der Waals surface area (Å²) >= 11 is 7.15. The van der Waals surface area contributed by atoms with Gasteiger partial charge in [0.15, 0.2) is 6.61 Å². The Hall–Kier alpha value is -3.62. The van der Waals surface area contributed by atoms with Crippen LogP contribution in [0, 0.1) is 12.7 Å². The standard InChI is InChI=1S/C26H20ClFN2O4S/c1-16-5-4-6-18(11-16)14-30-25(32)23(35-26(30)33)13-17-9-10-22(19(27)12-17)34-15-24(31)29-21-8-3-2-7-20(21)28/h2-13H,14-15H2,1H3,(H,29,31)/b23-13-. The van der Waals surface area contributed by atoms with Gasteiger partial charge >= 0.3 is 0 Å². The van der Waals surface area contributed by atoms with E-state index in [1.54, 1.807) is 30.3 Å². The number of imide groups is 1. The van der Waals surface area contributed by atoms with Crippen LogP contribution in [0.15, 0.2) is 71.6 Å². The van der Waals surface area contributed by atoms with E-state index in [-0.39, 0.29) is 45.7 Å². The van der Waals surface area contributed by atoms with Crippen molar-refractivity contribution in [2.45, 2.75) is 13.5 Å². The third-order valence-electron chi connectivity index (χ3n) is 5.06. The molecule has 9 heteroatoms. The summed E-state index contributed by atoms with van der Waals surface area (Å²) in [5.74, 6) is -1.22. The summed E-state index contributed by atoms with van der Waals surface area (Å²) in [7, 11) is 0. The first-order chi connectivity index (χ1) is 16.8. The average Bonchev–Trinajstić information content (AvgIpc) is 3.07. The number of para-hydroxylation sites is 1. The molecule has 6 nitrogen and oxygen atoms in total. The zero-order valence-electron chi connectivity index (χ0n) is 18.6. The van der Waals surface area contributed by atoms with Crippen LogP contribution < -0.4 is 10.1 Å². The SMILES string of the molecule is Cc1cccc(CN2C(=O)S/C(=C\c3ccc(OCC(=O)Nc4ccccc4F)c(Cl)c3)C2=O)c1. The van der Waals surface area contributed by atoms with Gasteiger partial charge in [-0.3, -0.25) is 19.3 Å². The molecule has 1 fully saturated rings. The molecule has 1 saturated heterocycles. The van der Waals surface area contributed by atoms with Gasteiger partial charge in [0.25, 0.3) is 17.1 Å². The monoisotopic (exact) mass is 510 g/mol. The number of nitrogens with one attached hydrogen (secondary N) is 1. The van der Waals surface area contributed by atoms with Crippen LogP contribution in [0.2, 0.25) is 5.02 Å². The number of aryl methyl sites for hydroxylation is 1. The normalized spacial score (nSPS) is 14.5. The van der Waals surface area contributed by atoms with E-state index in [4.69, 9.17) is 16.3 Å². The van der Waals surface area contributed by atoms with Gasteiger partial charge in [0, 0.05) is 0 Å². The Labute approximate surface area is 210 Å². The lowest BCUT2D eigenvalue weighted by Crippen LogP contribution is -2.27. The van der Waals surface area contributed by atoms with Gasteiger partial charge in [-0.05, 0) is 60.2 Å². The lowest BCUT2D eigenvalue weighted by molar-refractivity contribution is -0.123. The lowest BCUT2D eigenvalue weighted by Gasteiger charge is -2.12. The fraction of sp³-hybridized carbons (Fsp3) is 0.115. The van der Waals surface area contributed by atoms with Crippen LogP contribution >= 0.6 is 23.4 Å². The highest BCUT2D eigenvalue weighted by Crippen LogP contribution is 2.34. The van der Waals surface area contributed by atoms with Crippen LogP contribution in [0.25, 0.3) is 6.08 Å². The molecule has 178 valence electrons. The average molecular weight is 511 g/mol. The number of halogens is 2. The highest BCUT2D eigenvalue weighted by molar-refractivity contribution is 8.18. The molecule has 0 atom stereocenters. The molecule has 1 heterocycles. The molecule has 0 unspecified atom stereocenters. The van der Waals surface area contributed by atoms with Crippen molar-refractivity contribution in [3.63, 3.8) is 0 Å². The smallest absolute Gasteiger partial charge is 0.293 e. The molecule has 35 heavy (non-hydrogen) atoms. The third-order valence-corrected chi connectivity index (χ3v) is 6.26. The van der Waals surface area contributed by atoms with Crippen LogP contribution in [0.1, 0.15) is 16.7 Å². The van der Waals surface area contributed by atoms with Gasteiger partial charge < -0.3 is 10.1 Å². The van der Waals surface area contributed by atoms with Crippen LogP contribution in [-0.2, 0) is 16.1 Å². The molecule has 0 aliphatic carbocycles. The third kappa shape index (κ3) is 6.09. The number of hydrogen-bond donors (Lipinski definition) is 1. The molecule has 0 aromatic heterocycles. The van der Waals surface area contributed by atoms with Crippen molar-refractivity contribution in [1.29, 1.82) is 0 Å². The van der Waals surface area contributed by atoms with E-state index in [0.717, 1.165) is 22.9 Å². The van der Waals surface area contributed by atoms with Crippen molar-refractivity contribution in [3.05, 3.63) is 99.2 Å². The Kier molecular flexibility index (Phi) is 7.53. The molecule has 0 radical (unpaired) electrons. The topological polar surface area (TPSA) is 75.7 Å². The van der Waals surface area contributed by atoms with Crippen LogP contribution in [0.5, 0.6) is 5.75 Å². The Bertz CT molecular complexity index is 1340. The molecule has 3 aromatic carbocycles. The number of amides is 3. The molecule has 3 amide bonds. The summed E-state index contributed by atoms with van der Waals surface area (Å²) in [6.45, 7) is 1.78. The number of thioether (sulfide) groups is 1. The Morgan fingerprint density at radius 1 is 1.11 bits per heavy atom. The van der Waals surface area contributed by atoms with E-state index in [1.165, 1.54) is 23.1 Å². The minimum absolute atomic E-state index is 0.0545. The second-order valence-electron chi connectivity index (χ2n) is 7.76. The van der Waals surface area contributed by atoms with Crippen LogP contribution in [0.3, 0.4) is 0 Å². The molecule has 0 bridgehead atoms. The lowest BCUT2D eigenvalue weighted by atomic mass is 10.1. The van der Waals surface area contributed by atoms with E-state index in [1.807, 2.05) is 31.2 Å². The van der Waals surface area contributed by atoms with Gasteiger partial charge in [-0.25, -0.2) is 4.39 Å². The van der Waals surface area contributed by atoms with Gasteiger partial charge in [-0.1, -0.05) is 59.6 Å². The van der Waals surface area contributed by atoms with Gasteiger partial charge in [0.05, 0.1) is 22.2 Å². The second kappa shape index (κ2) is 10.8. The minimum Gasteiger partial charge on any atom is -0.482 e. The summed E-state index contributed by atoms with van der Waals surface area (Å²) < 4.78 is 19.1. The Balaban J connectivity index is 1.39. The summed E-state index contributed by atoms with van der Waals surface area (Å²) in [5.41, 5.74) is 2.57. The number of nitrogens with zero attached hydrogens (tertiary/aromatic N) is 1. The number of hydrogen-bond acceptors (Lipinski definition) is 5. The number of rotatable bonds is 7. The van der Waals surface area contributed by atoms with E-state index >= 15 is 0 Å². The van der Waals surface area contributed by atoms with Crippen molar-refractivity contribution in [2.24, 2.45) is 0 Å². The molecule has 0 saturated carbocycles. The highest BCUT2D eigenvalue weighted by Gasteiger charge is 2.35. The predicted octanol–water partition coefficient (Wildman–Crippen LogP) is 6.04. The molecule has 1 aliphatic rings. The highest BCUT2D eigenvalue weighted by atomic mass is 35.5. The van der Waals surface area contributed by atoms with Crippen LogP contribution in [0.4, 0.5) is 14.9 Å². The zero-order chi connectivity index (χ0) is 24.9. The Morgan fingerprint density at radius 2 is 1.91 bits per heavy atom. The molecule has 3 aromatic rings. The molecule has 4 rings (SSSR count). The maximum atomic E-state index is 13.7. The van der Waals surface area contributed by atoms with Crippen molar-refractivity contribution in [2.75, 3.05) is 11.9 Å². The number of carbonyl (C=O) groups is 3. The second-order valence-corrected chi connectivity index (χ2v) is 9.16. The number of anilines is 1. The van der Waals surface area contributed by atoms with Crippen molar-refractivity contribution < 1.29 is 23.5 Å². The number of ether oxygens (including phenoxy) is 1. The van der Waals surface area contributed by atoms with E-state index in [2.05, 4.69) is 5.32 Å². The van der Waals surface area contributed by atoms with Gasteiger partial charge in [0.2, 0.25) is 0 Å². The van der Waals surface area contributed by atoms with E-state index < -0.39 is 11.7 Å². The van der Waals surface area contributed by atoms with Gasteiger partial charge in [-0.15, -0.1) is 0 Å². The molecule has 1 aliphatic heterocycles. The number of carbonyl (C=O) groups excluding carboxylic acids is 3. The zero-order valence-corrected chi connectivity index (χ0v) is 20.2. The largest absolute Gasteiger partial charge is 0.482 e. The maximum absolute atomic E-state index is 13.7. The summed E-state index contributed by atoms with van der Waals surface area (Å²) in [5, 5.41) is 2.31. The van der Waals surface area contributed by atoms with Crippen LogP contribution in [-0.4, -0.2) is 28.6 Å². The van der Waals surface area contributed by atoms with Gasteiger partial charge in [-0.2, -0.15) is 0 Å². The van der Waals surface area contributed by atoms with E-state index in [9.17, 15) is 18.8 Å². The fourth-order valence-electron chi connectivity index (χ4n) is 3.40. The summed E-state index contributed by atoms with van der Waals surface area (Å²) in [4.78, 5) is 38.8. The van der Waals surface area contributed by atoms with E-state index in [0.29, 0.717) is 5.56 Å². The van der Waals surface area contributed by atoms with Gasteiger partial charge in [0.1, 0.15) is 11.6 Å². The van der Waals surface area contributed by atoms with Crippen molar-refractivity contribution in [1.82, 2.24) is 4.90 Å². The molecule has 0 spiro atoms. The fourth-order valence-corrected chi connectivity index (χ4v) is 4.48. The summed E-state index contributed by atoms with van der Waals surface area (Å²) in [6, 6.07) is 18.2. The molecular weight excluding hydrogens is 491 g/mol. The minimum atomic E-state index is -0.550. The predicted molar refractivity (Wildman–Crippen MR) is 135 cm³/mol. The first-order valence-electron chi connectivity index (χ1n) is 10.6. The molecule has 1 N–H and O–H groups in total. The maximum Gasteiger partial charge on any atom is 0.293 e. The molecular formula is C26H20ClFN2O4S. The van der Waals surface area contributed by atoms with Crippen molar-refractivity contribution >= 4 is 52.2 Å². The first-order valence-corrected chi connectivity index (χ1v) is 11.8. The first kappa shape index (κ1) is 24.5. The Morgan fingerprint density at radius 3 is 2.66 bits per heavy atom. The quantitative estimate of drug-likeness (QED) is 0.392. The number of benzene rings is 3. The van der Waals surface area contributed by atoms with Crippen molar-refractivity contribution in [3.8, 4) is 5.75 Å².